The highest BCUT2D eigenvalue weighted by Crippen LogP contribution is 2.13. The van der Waals surface area contributed by atoms with E-state index in [9.17, 15) is 14.0 Å². The Hall–Kier alpha value is -1.91. The van der Waals surface area contributed by atoms with Gasteiger partial charge >= 0.3 is 0 Å². The molecule has 0 heterocycles. The van der Waals surface area contributed by atoms with Crippen molar-refractivity contribution >= 4 is 11.8 Å². The zero-order valence-electron chi connectivity index (χ0n) is 10.7. The highest BCUT2D eigenvalue weighted by atomic mass is 19.1. The number of rotatable bonds is 4. The molecule has 0 radical (unpaired) electrons. The first kappa shape index (κ1) is 14.2. The molecule has 0 spiro atoms. The molecule has 1 aromatic carbocycles. The average Bonchev–Trinajstić information content (AvgIpc) is 2.28. The predicted molar refractivity (Wildman–Crippen MR) is 66.5 cm³/mol. The van der Waals surface area contributed by atoms with Crippen LogP contribution >= 0.6 is 0 Å². The normalized spacial score (nSPS) is 13.8. The molecule has 1 rings (SSSR count). The number of carbonyl (C=O) groups is 2. The fourth-order valence-corrected chi connectivity index (χ4v) is 1.45. The second-order valence-corrected chi connectivity index (χ2v) is 4.49. The summed E-state index contributed by atoms with van der Waals surface area (Å²) in [5.41, 5.74) is 4.67. The standard InChI is InChI=1S/C13H17FN2O2/c1-4-13(3,12(15)18)16-11(17)9-6-5-8(2)7-10(9)14/h5-7H,4H2,1-3H3,(H2,15,18)(H,16,17). The summed E-state index contributed by atoms with van der Waals surface area (Å²) in [6.45, 7) is 4.96. The van der Waals surface area contributed by atoms with Gasteiger partial charge in [0.25, 0.3) is 5.91 Å². The van der Waals surface area contributed by atoms with Crippen molar-refractivity contribution in [3.8, 4) is 0 Å². The van der Waals surface area contributed by atoms with Crippen LogP contribution in [0.3, 0.4) is 0 Å². The van der Waals surface area contributed by atoms with Crippen LogP contribution in [0.25, 0.3) is 0 Å². The maximum Gasteiger partial charge on any atom is 0.255 e. The lowest BCUT2D eigenvalue weighted by atomic mass is 9.97. The van der Waals surface area contributed by atoms with Crippen LogP contribution in [0.15, 0.2) is 18.2 Å². The zero-order chi connectivity index (χ0) is 13.9. The SMILES string of the molecule is CCC(C)(NC(=O)c1ccc(C)cc1F)C(N)=O. The van der Waals surface area contributed by atoms with E-state index in [0.29, 0.717) is 6.42 Å². The van der Waals surface area contributed by atoms with Crippen molar-refractivity contribution in [1.82, 2.24) is 5.32 Å². The van der Waals surface area contributed by atoms with Crippen molar-refractivity contribution in [2.75, 3.05) is 0 Å². The van der Waals surface area contributed by atoms with E-state index in [1.807, 2.05) is 0 Å². The Morgan fingerprint density at radius 3 is 2.50 bits per heavy atom. The minimum atomic E-state index is -1.17. The Morgan fingerprint density at radius 1 is 1.44 bits per heavy atom. The number of hydrogen-bond donors (Lipinski definition) is 2. The number of hydrogen-bond acceptors (Lipinski definition) is 2. The molecule has 4 nitrogen and oxygen atoms in total. The minimum Gasteiger partial charge on any atom is -0.368 e. The van der Waals surface area contributed by atoms with Crippen molar-refractivity contribution in [3.63, 3.8) is 0 Å². The molecule has 98 valence electrons. The molecule has 2 amide bonds. The molecule has 0 saturated carbocycles. The molecule has 0 aliphatic carbocycles. The lowest BCUT2D eigenvalue weighted by molar-refractivity contribution is -0.123. The van der Waals surface area contributed by atoms with Gasteiger partial charge in [0.15, 0.2) is 0 Å². The van der Waals surface area contributed by atoms with Crippen LogP contribution < -0.4 is 11.1 Å². The van der Waals surface area contributed by atoms with Crippen LogP contribution in [0.5, 0.6) is 0 Å². The lowest BCUT2D eigenvalue weighted by Crippen LogP contribution is -2.55. The molecule has 1 atom stereocenters. The maximum atomic E-state index is 13.6. The van der Waals surface area contributed by atoms with Gasteiger partial charge in [0, 0.05) is 0 Å². The van der Waals surface area contributed by atoms with Crippen LogP contribution in [-0.2, 0) is 4.79 Å². The molecular weight excluding hydrogens is 235 g/mol. The van der Waals surface area contributed by atoms with Crippen LogP contribution in [0.1, 0.15) is 36.2 Å². The number of amides is 2. The summed E-state index contributed by atoms with van der Waals surface area (Å²) in [6, 6.07) is 4.28. The van der Waals surface area contributed by atoms with Gasteiger partial charge in [-0.25, -0.2) is 4.39 Å². The van der Waals surface area contributed by atoms with Crippen LogP contribution in [0.4, 0.5) is 4.39 Å². The Bertz CT molecular complexity index is 488. The van der Waals surface area contributed by atoms with Crippen molar-refractivity contribution in [1.29, 1.82) is 0 Å². The van der Waals surface area contributed by atoms with Crippen LogP contribution in [-0.4, -0.2) is 17.4 Å². The average molecular weight is 252 g/mol. The predicted octanol–water partition coefficient (Wildman–Crippen LogP) is 1.52. The number of halogens is 1. The second kappa shape index (κ2) is 5.16. The Kier molecular flexibility index (Phi) is 4.06. The maximum absolute atomic E-state index is 13.6. The molecule has 5 heteroatoms. The number of benzene rings is 1. The lowest BCUT2D eigenvalue weighted by Gasteiger charge is -2.25. The third-order valence-corrected chi connectivity index (χ3v) is 3.01. The molecular formula is C13H17FN2O2. The molecule has 0 aliphatic heterocycles. The van der Waals surface area contributed by atoms with Gasteiger partial charge in [-0.3, -0.25) is 9.59 Å². The molecule has 18 heavy (non-hydrogen) atoms. The molecule has 1 unspecified atom stereocenters. The molecule has 1 aromatic rings. The van der Waals surface area contributed by atoms with E-state index >= 15 is 0 Å². The van der Waals surface area contributed by atoms with E-state index in [1.165, 1.54) is 19.1 Å². The Labute approximate surface area is 105 Å². The zero-order valence-corrected chi connectivity index (χ0v) is 10.7. The van der Waals surface area contributed by atoms with Gasteiger partial charge in [-0.2, -0.15) is 0 Å². The number of nitrogens with two attached hydrogens (primary N) is 1. The molecule has 0 aliphatic rings. The molecule has 0 saturated heterocycles. The van der Waals surface area contributed by atoms with Crippen LogP contribution in [0, 0.1) is 12.7 Å². The van der Waals surface area contributed by atoms with E-state index < -0.39 is 23.2 Å². The third-order valence-electron chi connectivity index (χ3n) is 3.01. The Balaban J connectivity index is 2.98. The summed E-state index contributed by atoms with van der Waals surface area (Å²) in [5.74, 6) is -1.91. The third kappa shape index (κ3) is 2.85. The van der Waals surface area contributed by atoms with Crippen molar-refractivity contribution in [3.05, 3.63) is 35.1 Å². The first-order chi connectivity index (χ1) is 8.30. The van der Waals surface area contributed by atoms with Crippen LogP contribution in [0.2, 0.25) is 0 Å². The second-order valence-electron chi connectivity index (χ2n) is 4.49. The molecule has 0 fully saturated rings. The van der Waals surface area contributed by atoms with Crippen molar-refractivity contribution in [2.24, 2.45) is 5.73 Å². The molecule has 3 N–H and O–H groups in total. The van der Waals surface area contributed by atoms with Gasteiger partial charge in [-0.05, 0) is 38.0 Å². The number of aryl methyl sites for hydroxylation is 1. The van der Waals surface area contributed by atoms with Crippen molar-refractivity contribution in [2.45, 2.75) is 32.7 Å². The number of primary amides is 1. The van der Waals surface area contributed by atoms with E-state index in [2.05, 4.69) is 5.32 Å². The first-order valence-electron chi connectivity index (χ1n) is 5.68. The minimum absolute atomic E-state index is 0.0958. The van der Waals surface area contributed by atoms with Gasteiger partial charge < -0.3 is 11.1 Å². The summed E-state index contributed by atoms with van der Waals surface area (Å²) in [6.07, 6.45) is 0.335. The van der Waals surface area contributed by atoms with Gasteiger partial charge in [-0.15, -0.1) is 0 Å². The summed E-state index contributed by atoms with van der Waals surface area (Å²) in [7, 11) is 0. The molecule has 0 bridgehead atoms. The van der Waals surface area contributed by atoms with E-state index in [1.54, 1.807) is 19.9 Å². The quantitative estimate of drug-likeness (QED) is 0.852. The first-order valence-corrected chi connectivity index (χ1v) is 5.68. The fourth-order valence-electron chi connectivity index (χ4n) is 1.45. The summed E-state index contributed by atoms with van der Waals surface area (Å²) in [5, 5.41) is 2.47. The van der Waals surface area contributed by atoms with Crippen molar-refractivity contribution < 1.29 is 14.0 Å². The number of nitrogens with one attached hydrogen (secondary N) is 1. The van der Waals surface area contributed by atoms with Gasteiger partial charge in [-0.1, -0.05) is 13.0 Å². The summed E-state index contributed by atoms with van der Waals surface area (Å²) < 4.78 is 13.6. The molecule has 0 aromatic heterocycles. The number of carbonyl (C=O) groups excluding carboxylic acids is 2. The largest absolute Gasteiger partial charge is 0.368 e. The van der Waals surface area contributed by atoms with Gasteiger partial charge in [0.05, 0.1) is 5.56 Å². The summed E-state index contributed by atoms with van der Waals surface area (Å²) >= 11 is 0. The topological polar surface area (TPSA) is 72.2 Å². The monoisotopic (exact) mass is 252 g/mol. The Morgan fingerprint density at radius 2 is 2.06 bits per heavy atom. The highest BCUT2D eigenvalue weighted by molar-refractivity contribution is 5.98. The van der Waals surface area contributed by atoms with E-state index in [-0.39, 0.29) is 5.56 Å². The van der Waals surface area contributed by atoms with E-state index in [4.69, 9.17) is 5.73 Å². The highest BCUT2D eigenvalue weighted by Gasteiger charge is 2.31. The van der Waals surface area contributed by atoms with Gasteiger partial charge in [0.2, 0.25) is 5.91 Å². The smallest absolute Gasteiger partial charge is 0.255 e. The summed E-state index contributed by atoms with van der Waals surface area (Å²) in [4.78, 5) is 23.2. The van der Waals surface area contributed by atoms with E-state index in [0.717, 1.165) is 5.56 Å². The fraction of sp³-hybridized carbons (Fsp3) is 0.385. The van der Waals surface area contributed by atoms with Gasteiger partial charge in [0.1, 0.15) is 11.4 Å².